The van der Waals surface area contributed by atoms with Crippen LogP contribution in [0, 0.1) is 5.92 Å². The molecule has 4 rings (SSSR count). The van der Waals surface area contributed by atoms with Crippen LogP contribution in [0.3, 0.4) is 0 Å². The van der Waals surface area contributed by atoms with Crippen molar-refractivity contribution in [3.63, 3.8) is 0 Å². The average molecular weight is 542 g/mol. The van der Waals surface area contributed by atoms with Crippen molar-refractivity contribution < 1.29 is 23.8 Å². The Kier molecular flexibility index (Phi) is 9.24. The van der Waals surface area contributed by atoms with Crippen LogP contribution in [0.25, 0.3) is 0 Å². The van der Waals surface area contributed by atoms with Crippen LogP contribution in [0.15, 0.2) is 36.4 Å². The van der Waals surface area contributed by atoms with Gasteiger partial charge in [-0.05, 0) is 99.7 Å². The number of fused-ring (bicyclic) bond motifs is 2. The quantitative estimate of drug-likeness (QED) is 0.373. The molecule has 2 aromatic rings. The second-order valence-corrected chi connectivity index (χ2v) is 11.9. The zero-order valence-corrected chi connectivity index (χ0v) is 23.8. The van der Waals surface area contributed by atoms with E-state index in [0.29, 0.717) is 12.5 Å². The number of carbonyl (C=O) groups is 2. The van der Waals surface area contributed by atoms with Gasteiger partial charge < -0.3 is 19.1 Å². The molecule has 0 saturated heterocycles. The molecule has 0 bridgehead atoms. The van der Waals surface area contributed by atoms with Crippen molar-refractivity contribution in [2.24, 2.45) is 5.92 Å². The highest BCUT2D eigenvalue weighted by Gasteiger charge is 2.30. The minimum absolute atomic E-state index is 0.0830. The fourth-order valence-electron chi connectivity index (χ4n) is 5.19. The van der Waals surface area contributed by atoms with E-state index in [4.69, 9.17) is 25.8 Å². The molecule has 7 heteroatoms. The number of methoxy groups -OCH3 is 1. The summed E-state index contributed by atoms with van der Waals surface area (Å²) in [6, 6.07) is 11.8. The Morgan fingerprint density at radius 3 is 2.55 bits per heavy atom. The second-order valence-electron chi connectivity index (χ2n) is 11.5. The van der Waals surface area contributed by atoms with Crippen LogP contribution in [0.5, 0.6) is 5.75 Å². The maximum absolute atomic E-state index is 12.8. The molecule has 38 heavy (non-hydrogen) atoms. The minimum atomic E-state index is -0.758. The van der Waals surface area contributed by atoms with E-state index >= 15 is 0 Å². The standard InChI is InChI=1S/C31H40ClNO5/c1-31(2,3)38-29(34)18-26(30(35)36-4)23-12-14-28-27(17-23)33(19-21-8-7-9-21)15-6-5-10-22-16-25(32)13-11-24(22)20-37-28/h11-14,16-17,21,26H,5-10,15,18-20H2,1-4H3/t26-/m0/s1. The third kappa shape index (κ3) is 7.43. The third-order valence-corrected chi connectivity index (χ3v) is 7.62. The molecular weight excluding hydrogens is 502 g/mol. The van der Waals surface area contributed by atoms with E-state index in [1.807, 2.05) is 57.2 Å². The van der Waals surface area contributed by atoms with Crippen LogP contribution in [0.1, 0.15) is 81.9 Å². The van der Waals surface area contributed by atoms with Crippen molar-refractivity contribution in [3.05, 3.63) is 58.1 Å². The minimum Gasteiger partial charge on any atom is -0.487 e. The molecule has 0 unspecified atom stereocenters. The second kappa shape index (κ2) is 12.4. The molecule has 0 radical (unpaired) electrons. The Morgan fingerprint density at radius 2 is 1.87 bits per heavy atom. The van der Waals surface area contributed by atoms with Gasteiger partial charge in [0.1, 0.15) is 18.0 Å². The Labute approximate surface area is 231 Å². The SMILES string of the molecule is COC(=O)[C@@H](CC(=O)OC(C)(C)C)c1ccc2c(c1)N(CC1CCC1)CCCCc1cc(Cl)ccc1CO2. The van der Waals surface area contributed by atoms with E-state index in [9.17, 15) is 9.59 Å². The van der Waals surface area contributed by atoms with E-state index in [1.165, 1.54) is 31.9 Å². The number of rotatable bonds is 6. The highest BCUT2D eigenvalue weighted by Crippen LogP contribution is 2.38. The van der Waals surface area contributed by atoms with Crippen LogP contribution in [-0.2, 0) is 32.1 Å². The van der Waals surface area contributed by atoms with E-state index < -0.39 is 23.5 Å². The number of halogens is 1. The molecule has 1 aliphatic heterocycles. The fourth-order valence-corrected chi connectivity index (χ4v) is 5.38. The average Bonchev–Trinajstić information content (AvgIpc) is 2.86. The lowest BCUT2D eigenvalue weighted by molar-refractivity contribution is -0.158. The van der Waals surface area contributed by atoms with Gasteiger partial charge in [0, 0.05) is 18.1 Å². The number of hydrogen-bond acceptors (Lipinski definition) is 6. The molecule has 2 aromatic carbocycles. The number of aryl methyl sites for hydroxylation is 1. The summed E-state index contributed by atoms with van der Waals surface area (Å²) in [5.74, 6) is -0.207. The maximum atomic E-state index is 12.8. The normalized spacial score (nSPS) is 17.1. The van der Waals surface area contributed by atoms with Crippen molar-refractivity contribution in [1.82, 2.24) is 0 Å². The molecule has 0 spiro atoms. The van der Waals surface area contributed by atoms with Gasteiger partial charge in [0.05, 0.1) is 25.1 Å². The summed E-state index contributed by atoms with van der Waals surface area (Å²) in [5.41, 5.74) is 3.42. The molecule has 1 aliphatic carbocycles. The predicted molar refractivity (Wildman–Crippen MR) is 150 cm³/mol. The molecule has 0 N–H and O–H groups in total. The molecular formula is C31H40ClNO5. The zero-order chi connectivity index (χ0) is 27.3. The summed E-state index contributed by atoms with van der Waals surface area (Å²) in [4.78, 5) is 28.0. The van der Waals surface area contributed by atoms with E-state index in [2.05, 4.69) is 4.90 Å². The fraction of sp³-hybridized carbons (Fsp3) is 0.548. The van der Waals surface area contributed by atoms with Gasteiger partial charge in [-0.15, -0.1) is 0 Å². The van der Waals surface area contributed by atoms with Gasteiger partial charge in [-0.1, -0.05) is 30.2 Å². The molecule has 1 saturated carbocycles. The van der Waals surface area contributed by atoms with E-state index in [-0.39, 0.29) is 6.42 Å². The van der Waals surface area contributed by atoms with Crippen LogP contribution in [0.2, 0.25) is 5.02 Å². The first kappa shape index (κ1) is 28.3. The first-order valence-corrected chi connectivity index (χ1v) is 14.1. The largest absolute Gasteiger partial charge is 0.487 e. The number of anilines is 1. The summed E-state index contributed by atoms with van der Waals surface area (Å²) < 4.78 is 17.1. The Balaban J connectivity index is 1.68. The molecule has 1 atom stereocenters. The zero-order valence-electron chi connectivity index (χ0n) is 23.1. The highest BCUT2D eigenvalue weighted by molar-refractivity contribution is 6.30. The van der Waals surface area contributed by atoms with Gasteiger partial charge in [-0.2, -0.15) is 0 Å². The molecule has 1 heterocycles. The van der Waals surface area contributed by atoms with Gasteiger partial charge in [0.15, 0.2) is 0 Å². The molecule has 0 aromatic heterocycles. The number of carbonyl (C=O) groups excluding carboxylic acids is 2. The van der Waals surface area contributed by atoms with Gasteiger partial charge in [0.25, 0.3) is 0 Å². The van der Waals surface area contributed by atoms with Gasteiger partial charge in [0.2, 0.25) is 0 Å². The number of nitrogens with zero attached hydrogens (tertiary/aromatic N) is 1. The van der Waals surface area contributed by atoms with Crippen molar-refractivity contribution in [2.75, 3.05) is 25.1 Å². The monoisotopic (exact) mass is 541 g/mol. The molecule has 0 amide bonds. The van der Waals surface area contributed by atoms with Crippen molar-refractivity contribution in [3.8, 4) is 5.75 Å². The summed E-state index contributed by atoms with van der Waals surface area (Å²) in [5, 5.41) is 0.745. The Hall–Kier alpha value is -2.73. The lowest BCUT2D eigenvalue weighted by Crippen LogP contribution is -2.34. The molecule has 6 nitrogen and oxygen atoms in total. The van der Waals surface area contributed by atoms with Gasteiger partial charge in [-0.3, -0.25) is 9.59 Å². The maximum Gasteiger partial charge on any atom is 0.313 e. The number of hydrogen-bond donors (Lipinski definition) is 0. The lowest BCUT2D eigenvalue weighted by atomic mass is 9.85. The number of benzene rings is 2. The van der Waals surface area contributed by atoms with Gasteiger partial charge in [-0.25, -0.2) is 0 Å². The van der Waals surface area contributed by atoms with Crippen molar-refractivity contribution in [2.45, 2.75) is 83.8 Å². The van der Waals surface area contributed by atoms with Crippen LogP contribution < -0.4 is 9.64 Å². The summed E-state index contributed by atoms with van der Waals surface area (Å²) in [6.07, 6.45) is 6.70. The summed E-state index contributed by atoms with van der Waals surface area (Å²) >= 11 is 6.30. The van der Waals surface area contributed by atoms with Crippen molar-refractivity contribution >= 4 is 29.2 Å². The Morgan fingerprint density at radius 1 is 1.08 bits per heavy atom. The number of ether oxygens (including phenoxy) is 3. The first-order chi connectivity index (χ1) is 18.1. The third-order valence-electron chi connectivity index (χ3n) is 7.38. The predicted octanol–water partition coefficient (Wildman–Crippen LogP) is 6.85. The smallest absolute Gasteiger partial charge is 0.313 e. The topological polar surface area (TPSA) is 65.1 Å². The van der Waals surface area contributed by atoms with E-state index in [1.54, 1.807) is 0 Å². The number of esters is 2. The van der Waals surface area contributed by atoms with Gasteiger partial charge >= 0.3 is 11.9 Å². The van der Waals surface area contributed by atoms with Crippen molar-refractivity contribution in [1.29, 1.82) is 0 Å². The molecule has 206 valence electrons. The summed E-state index contributed by atoms with van der Waals surface area (Å²) in [7, 11) is 1.35. The van der Waals surface area contributed by atoms with E-state index in [0.717, 1.165) is 59.9 Å². The highest BCUT2D eigenvalue weighted by atomic mass is 35.5. The lowest BCUT2D eigenvalue weighted by Gasteiger charge is -2.35. The Bertz CT molecular complexity index is 1140. The molecule has 1 fully saturated rings. The summed E-state index contributed by atoms with van der Waals surface area (Å²) in [6.45, 7) is 7.74. The van der Waals surface area contributed by atoms with Crippen LogP contribution in [0.4, 0.5) is 5.69 Å². The van der Waals surface area contributed by atoms with Crippen LogP contribution >= 0.6 is 11.6 Å². The first-order valence-electron chi connectivity index (χ1n) is 13.7. The van der Waals surface area contributed by atoms with Crippen LogP contribution in [-0.4, -0.2) is 37.7 Å². The molecule has 2 aliphatic rings.